The summed E-state index contributed by atoms with van der Waals surface area (Å²) < 4.78 is 24.3. The van der Waals surface area contributed by atoms with E-state index in [0.717, 1.165) is 43.0 Å². The first-order chi connectivity index (χ1) is 13.0. The molecule has 0 aliphatic carbocycles. The zero-order valence-corrected chi connectivity index (χ0v) is 16.3. The number of hydrogen-bond donors (Lipinski definition) is 1. The molecule has 0 spiro atoms. The smallest absolute Gasteiger partial charge is 0.191 e. The van der Waals surface area contributed by atoms with E-state index in [0.29, 0.717) is 18.3 Å². The number of piperazine rings is 1. The number of hydrogen-bond acceptors (Lipinski definition) is 3. The van der Waals surface area contributed by atoms with Gasteiger partial charge in [0.1, 0.15) is 5.82 Å². The highest BCUT2D eigenvalue weighted by atomic mass is 32.2. The Morgan fingerprint density at radius 1 is 1.04 bits per heavy atom. The van der Waals surface area contributed by atoms with E-state index in [1.807, 2.05) is 24.3 Å². The molecule has 1 aliphatic heterocycles. The number of nitrogens with two attached hydrogens (primary N) is 1. The van der Waals surface area contributed by atoms with Gasteiger partial charge in [0.25, 0.3) is 0 Å². The summed E-state index contributed by atoms with van der Waals surface area (Å²) in [6, 6.07) is 14.6. The van der Waals surface area contributed by atoms with Gasteiger partial charge in [-0.1, -0.05) is 24.3 Å². The van der Waals surface area contributed by atoms with Crippen LogP contribution < -0.4 is 10.6 Å². The number of rotatable bonds is 5. The van der Waals surface area contributed by atoms with Gasteiger partial charge in [-0.05, 0) is 35.4 Å². The fraction of sp³-hybridized carbons (Fsp3) is 0.350. The summed E-state index contributed by atoms with van der Waals surface area (Å²) in [5, 5.41) is 0. The highest BCUT2D eigenvalue weighted by Crippen LogP contribution is 2.17. The fourth-order valence-electron chi connectivity index (χ4n) is 3.09. The van der Waals surface area contributed by atoms with E-state index in [4.69, 9.17) is 5.73 Å². The Morgan fingerprint density at radius 3 is 2.22 bits per heavy atom. The lowest BCUT2D eigenvalue weighted by atomic mass is 10.1. The minimum absolute atomic E-state index is 0.218. The van der Waals surface area contributed by atoms with Gasteiger partial charge in [-0.15, -0.1) is 0 Å². The summed E-state index contributed by atoms with van der Waals surface area (Å²) in [7, 11) is -0.833. The number of benzene rings is 2. The van der Waals surface area contributed by atoms with Crippen LogP contribution in [0.3, 0.4) is 0 Å². The Morgan fingerprint density at radius 2 is 1.63 bits per heavy atom. The maximum absolute atomic E-state index is 13.1. The Balaban J connectivity index is 1.51. The fourth-order valence-corrected chi connectivity index (χ4v) is 3.76. The van der Waals surface area contributed by atoms with E-state index < -0.39 is 10.8 Å². The van der Waals surface area contributed by atoms with E-state index in [9.17, 15) is 8.60 Å². The normalized spacial score (nSPS) is 16.4. The first kappa shape index (κ1) is 19.4. The van der Waals surface area contributed by atoms with Crippen LogP contribution in [0.25, 0.3) is 0 Å². The van der Waals surface area contributed by atoms with Crippen molar-refractivity contribution in [1.29, 1.82) is 0 Å². The number of halogens is 1. The van der Waals surface area contributed by atoms with Crippen molar-refractivity contribution in [3.05, 3.63) is 65.5 Å². The lowest BCUT2D eigenvalue weighted by Gasteiger charge is -2.36. The molecule has 1 aliphatic rings. The summed E-state index contributed by atoms with van der Waals surface area (Å²) in [6.07, 6.45) is 1.70. The highest BCUT2D eigenvalue weighted by Gasteiger charge is 2.18. The van der Waals surface area contributed by atoms with Crippen LogP contribution in [0.1, 0.15) is 11.1 Å². The van der Waals surface area contributed by atoms with E-state index >= 15 is 0 Å². The topological polar surface area (TPSA) is 61.9 Å². The van der Waals surface area contributed by atoms with Crippen LogP contribution in [0.15, 0.2) is 53.5 Å². The van der Waals surface area contributed by atoms with Crippen molar-refractivity contribution in [2.24, 2.45) is 10.7 Å². The predicted molar refractivity (Wildman–Crippen MR) is 110 cm³/mol. The molecule has 2 aromatic carbocycles. The zero-order valence-electron chi connectivity index (χ0n) is 15.5. The van der Waals surface area contributed by atoms with Gasteiger partial charge in [-0.25, -0.2) is 9.38 Å². The molecule has 7 heteroatoms. The molecule has 0 bridgehead atoms. The molecule has 0 aromatic heterocycles. The third-order valence-corrected chi connectivity index (χ3v) is 5.35. The lowest BCUT2D eigenvalue weighted by Crippen LogP contribution is -2.51. The van der Waals surface area contributed by atoms with Crippen LogP contribution in [0.5, 0.6) is 0 Å². The number of guanidine groups is 1. The van der Waals surface area contributed by atoms with Crippen molar-refractivity contribution in [1.82, 2.24) is 4.90 Å². The molecule has 2 aromatic rings. The maximum atomic E-state index is 13.1. The molecule has 5 nitrogen and oxygen atoms in total. The van der Waals surface area contributed by atoms with Crippen LogP contribution in [0.4, 0.5) is 10.1 Å². The Kier molecular flexibility index (Phi) is 6.45. The molecule has 3 rings (SSSR count). The van der Waals surface area contributed by atoms with Crippen molar-refractivity contribution < 1.29 is 8.60 Å². The van der Waals surface area contributed by atoms with Crippen LogP contribution in [-0.2, 0) is 23.1 Å². The standard InChI is InChI=1S/C20H25FN4OS/c1-27(26)15-17-4-2-16(3-5-17)14-23-20(22)25-12-10-24(11-13-25)19-8-6-18(21)7-9-19/h2-9H,10-15H2,1H3,(H2,22,23). The van der Waals surface area contributed by atoms with E-state index in [1.54, 1.807) is 18.4 Å². The van der Waals surface area contributed by atoms with Gasteiger partial charge >= 0.3 is 0 Å². The molecule has 1 saturated heterocycles. The molecule has 0 radical (unpaired) electrons. The molecule has 0 amide bonds. The number of nitrogens with zero attached hydrogens (tertiary/aromatic N) is 3. The summed E-state index contributed by atoms with van der Waals surface area (Å²) in [4.78, 5) is 8.81. The van der Waals surface area contributed by atoms with Gasteiger partial charge in [0, 0.05) is 54.7 Å². The SMILES string of the molecule is CS(=O)Cc1ccc(CN=C(N)N2CCN(c3ccc(F)cc3)CC2)cc1. The molecule has 1 heterocycles. The van der Waals surface area contributed by atoms with Crippen molar-refractivity contribution in [2.45, 2.75) is 12.3 Å². The quantitative estimate of drug-likeness (QED) is 0.631. The average molecular weight is 389 g/mol. The van der Waals surface area contributed by atoms with E-state index in [2.05, 4.69) is 14.8 Å². The number of anilines is 1. The summed E-state index contributed by atoms with van der Waals surface area (Å²) in [6.45, 7) is 3.75. The summed E-state index contributed by atoms with van der Waals surface area (Å²) in [5.74, 6) is 0.904. The Labute approximate surface area is 162 Å². The monoisotopic (exact) mass is 388 g/mol. The molecule has 1 atom stereocenters. The van der Waals surface area contributed by atoms with E-state index in [1.165, 1.54) is 12.1 Å². The minimum atomic E-state index is -0.833. The largest absolute Gasteiger partial charge is 0.370 e. The molecule has 1 fully saturated rings. The third-order valence-electron chi connectivity index (χ3n) is 4.61. The average Bonchev–Trinajstić information content (AvgIpc) is 2.67. The molecular weight excluding hydrogens is 363 g/mol. The second-order valence-electron chi connectivity index (χ2n) is 6.66. The maximum Gasteiger partial charge on any atom is 0.191 e. The van der Waals surface area contributed by atoms with Crippen molar-refractivity contribution in [3.8, 4) is 0 Å². The van der Waals surface area contributed by atoms with Crippen molar-refractivity contribution in [3.63, 3.8) is 0 Å². The van der Waals surface area contributed by atoms with Gasteiger partial charge in [-0.3, -0.25) is 4.21 Å². The molecule has 0 saturated carbocycles. The number of aliphatic imine (C=N–C) groups is 1. The van der Waals surface area contributed by atoms with E-state index in [-0.39, 0.29) is 5.82 Å². The summed E-state index contributed by atoms with van der Waals surface area (Å²) >= 11 is 0. The first-order valence-electron chi connectivity index (χ1n) is 8.94. The third kappa shape index (κ3) is 5.53. The van der Waals surface area contributed by atoms with Gasteiger partial charge in [0.05, 0.1) is 6.54 Å². The van der Waals surface area contributed by atoms with Crippen LogP contribution >= 0.6 is 0 Å². The van der Waals surface area contributed by atoms with Gasteiger partial charge < -0.3 is 15.5 Å². The zero-order chi connectivity index (χ0) is 19.2. The Hall–Kier alpha value is -2.41. The second-order valence-corrected chi connectivity index (χ2v) is 8.09. The van der Waals surface area contributed by atoms with Gasteiger partial charge in [0.15, 0.2) is 5.96 Å². The summed E-state index contributed by atoms with van der Waals surface area (Å²) in [5.41, 5.74) is 9.33. The Bertz CT molecular complexity index is 800. The highest BCUT2D eigenvalue weighted by molar-refractivity contribution is 7.83. The molecule has 144 valence electrons. The molecular formula is C20H25FN4OS. The van der Waals surface area contributed by atoms with Crippen LogP contribution in [-0.4, -0.2) is 47.5 Å². The lowest BCUT2D eigenvalue weighted by molar-refractivity contribution is 0.380. The first-order valence-corrected chi connectivity index (χ1v) is 10.7. The predicted octanol–water partition coefficient (Wildman–Crippen LogP) is 2.34. The van der Waals surface area contributed by atoms with Gasteiger partial charge in [-0.2, -0.15) is 0 Å². The van der Waals surface area contributed by atoms with Crippen molar-refractivity contribution >= 4 is 22.4 Å². The molecule has 1 unspecified atom stereocenters. The second kappa shape index (κ2) is 8.99. The van der Waals surface area contributed by atoms with Crippen LogP contribution in [0.2, 0.25) is 0 Å². The molecule has 2 N–H and O–H groups in total. The van der Waals surface area contributed by atoms with Gasteiger partial charge in [0.2, 0.25) is 0 Å². The minimum Gasteiger partial charge on any atom is -0.370 e. The molecule has 27 heavy (non-hydrogen) atoms. The van der Waals surface area contributed by atoms with Crippen LogP contribution in [0, 0.1) is 5.82 Å². The van der Waals surface area contributed by atoms with Crippen molar-refractivity contribution in [2.75, 3.05) is 37.3 Å².